The van der Waals surface area contributed by atoms with Gasteiger partial charge in [-0.25, -0.2) is 9.37 Å². The van der Waals surface area contributed by atoms with Gasteiger partial charge >= 0.3 is 0 Å². The number of aromatic amines is 1. The van der Waals surface area contributed by atoms with Crippen molar-refractivity contribution in [2.45, 2.75) is 13.8 Å². The van der Waals surface area contributed by atoms with Gasteiger partial charge in [0.05, 0.1) is 5.39 Å². The fraction of sp³-hybridized carbons (Fsp3) is 0.100. The maximum absolute atomic E-state index is 13.2. The van der Waals surface area contributed by atoms with Crippen molar-refractivity contribution >= 4 is 33.2 Å². The Morgan fingerprint density at radius 1 is 1.08 bits per heavy atom. The Kier molecular flexibility index (Phi) is 4.13. The van der Waals surface area contributed by atoms with E-state index < -0.39 is 0 Å². The first-order chi connectivity index (χ1) is 12.4. The number of benzene rings is 2. The molecule has 130 valence electrons. The predicted molar refractivity (Wildman–Crippen MR) is 106 cm³/mol. The molecule has 26 heavy (non-hydrogen) atoms. The Balaban J connectivity index is 1.93. The van der Waals surface area contributed by atoms with E-state index in [0.29, 0.717) is 21.1 Å². The summed E-state index contributed by atoms with van der Waals surface area (Å²) in [4.78, 5) is 21.9. The molecule has 0 fully saturated rings. The standard InChI is InChI=1S/C20H14ClFN2OS/c1-10-3-4-13(9-15(10)21)18-23-19(25)17-16(11(2)26-20(17)24-18)12-5-7-14(22)8-6-12/h3-9H,1-2H3,(H,23,24,25). The molecule has 4 aromatic rings. The van der Waals surface area contributed by atoms with Crippen LogP contribution in [-0.4, -0.2) is 9.97 Å². The van der Waals surface area contributed by atoms with Gasteiger partial charge in [-0.2, -0.15) is 0 Å². The van der Waals surface area contributed by atoms with Crippen LogP contribution < -0.4 is 5.56 Å². The van der Waals surface area contributed by atoms with E-state index in [2.05, 4.69) is 9.97 Å². The van der Waals surface area contributed by atoms with Crippen molar-refractivity contribution in [3.05, 3.63) is 74.1 Å². The molecule has 0 atom stereocenters. The Morgan fingerprint density at radius 2 is 1.77 bits per heavy atom. The number of hydrogen-bond acceptors (Lipinski definition) is 3. The van der Waals surface area contributed by atoms with Gasteiger partial charge in [-0.15, -0.1) is 11.3 Å². The smallest absolute Gasteiger partial charge is 0.260 e. The van der Waals surface area contributed by atoms with E-state index in [0.717, 1.165) is 27.1 Å². The average molecular weight is 385 g/mol. The summed E-state index contributed by atoms with van der Waals surface area (Å²) in [6.45, 7) is 3.86. The van der Waals surface area contributed by atoms with Gasteiger partial charge in [0.2, 0.25) is 0 Å². The fourth-order valence-corrected chi connectivity index (χ4v) is 4.19. The van der Waals surface area contributed by atoms with Crippen LogP contribution in [0.15, 0.2) is 47.3 Å². The van der Waals surface area contributed by atoms with Crippen molar-refractivity contribution < 1.29 is 4.39 Å². The first kappa shape index (κ1) is 16.9. The zero-order chi connectivity index (χ0) is 18.4. The molecule has 2 aromatic carbocycles. The highest BCUT2D eigenvalue weighted by molar-refractivity contribution is 7.19. The van der Waals surface area contributed by atoms with Crippen molar-refractivity contribution in [1.29, 1.82) is 0 Å². The third kappa shape index (κ3) is 2.83. The third-order valence-corrected chi connectivity index (χ3v) is 5.72. The molecule has 6 heteroatoms. The highest BCUT2D eigenvalue weighted by Crippen LogP contribution is 2.36. The molecule has 0 aliphatic heterocycles. The summed E-state index contributed by atoms with van der Waals surface area (Å²) in [5.41, 5.74) is 3.10. The van der Waals surface area contributed by atoms with E-state index in [4.69, 9.17) is 11.6 Å². The van der Waals surface area contributed by atoms with E-state index in [1.165, 1.54) is 23.5 Å². The molecule has 0 amide bonds. The molecule has 0 aliphatic rings. The molecule has 2 heterocycles. The maximum Gasteiger partial charge on any atom is 0.260 e. The molecular formula is C20H14ClFN2OS. The summed E-state index contributed by atoms with van der Waals surface area (Å²) >= 11 is 7.65. The van der Waals surface area contributed by atoms with Gasteiger partial charge in [-0.05, 0) is 43.2 Å². The van der Waals surface area contributed by atoms with Gasteiger partial charge in [-0.3, -0.25) is 4.79 Å². The fourth-order valence-electron chi connectivity index (χ4n) is 2.96. The number of nitrogens with one attached hydrogen (secondary N) is 1. The van der Waals surface area contributed by atoms with Gasteiger partial charge in [-0.1, -0.05) is 35.9 Å². The largest absolute Gasteiger partial charge is 0.306 e. The number of aromatic nitrogens is 2. The highest BCUT2D eigenvalue weighted by Gasteiger charge is 2.17. The maximum atomic E-state index is 13.2. The van der Waals surface area contributed by atoms with Crippen LogP contribution in [0.5, 0.6) is 0 Å². The van der Waals surface area contributed by atoms with Crippen molar-refractivity contribution in [3.8, 4) is 22.5 Å². The normalized spacial score (nSPS) is 11.2. The van der Waals surface area contributed by atoms with Gasteiger partial charge in [0.1, 0.15) is 16.5 Å². The zero-order valence-electron chi connectivity index (χ0n) is 14.1. The molecule has 0 radical (unpaired) electrons. The van der Waals surface area contributed by atoms with Crippen LogP contribution in [0, 0.1) is 19.7 Å². The molecule has 0 spiro atoms. The molecule has 0 bridgehead atoms. The Labute approximate surface area is 158 Å². The summed E-state index contributed by atoms with van der Waals surface area (Å²) in [7, 11) is 0. The number of thiophene rings is 1. The van der Waals surface area contributed by atoms with Crippen molar-refractivity contribution in [1.82, 2.24) is 9.97 Å². The highest BCUT2D eigenvalue weighted by atomic mass is 35.5. The number of nitrogens with zero attached hydrogens (tertiary/aromatic N) is 1. The van der Waals surface area contributed by atoms with Gasteiger partial charge < -0.3 is 4.98 Å². The lowest BCUT2D eigenvalue weighted by atomic mass is 10.0. The van der Waals surface area contributed by atoms with Crippen LogP contribution in [0.2, 0.25) is 5.02 Å². The van der Waals surface area contributed by atoms with Crippen molar-refractivity contribution in [3.63, 3.8) is 0 Å². The van der Waals surface area contributed by atoms with Crippen LogP contribution in [0.1, 0.15) is 10.4 Å². The molecule has 2 aromatic heterocycles. The first-order valence-electron chi connectivity index (χ1n) is 8.00. The van der Waals surface area contributed by atoms with Crippen LogP contribution in [0.4, 0.5) is 4.39 Å². The summed E-state index contributed by atoms with van der Waals surface area (Å²) in [5, 5.41) is 1.15. The van der Waals surface area contributed by atoms with Crippen LogP contribution >= 0.6 is 22.9 Å². The molecule has 1 N–H and O–H groups in total. The first-order valence-corrected chi connectivity index (χ1v) is 9.19. The van der Waals surface area contributed by atoms with E-state index in [9.17, 15) is 9.18 Å². The van der Waals surface area contributed by atoms with Crippen LogP contribution in [0.3, 0.4) is 0 Å². The third-order valence-electron chi connectivity index (χ3n) is 4.32. The molecular weight excluding hydrogens is 371 g/mol. The van der Waals surface area contributed by atoms with Gasteiger partial charge in [0.15, 0.2) is 0 Å². The van der Waals surface area contributed by atoms with Gasteiger partial charge in [0.25, 0.3) is 5.56 Å². The number of rotatable bonds is 2. The Bertz CT molecular complexity index is 1200. The predicted octanol–water partition coefficient (Wildman–Crippen LogP) is 5.73. The minimum atomic E-state index is -0.309. The van der Waals surface area contributed by atoms with Crippen LogP contribution in [0.25, 0.3) is 32.7 Å². The molecule has 4 rings (SSSR count). The minimum Gasteiger partial charge on any atom is -0.306 e. The zero-order valence-corrected chi connectivity index (χ0v) is 15.6. The second-order valence-corrected chi connectivity index (χ2v) is 7.71. The Morgan fingerprint density at radius 3 is 2.46 bits per heavy atom. The molecule has 0 aliphatic carbocycles. The quantitative estimate of drug-likeness (QED) is 0.479. The van der Waals surface area contributed by atoms with E-state index in [1.54, 1.807) is 18.2 Å². The van der Waals surface area contributed by atoms with E-state index in [-0.39, 0.29) is 11.4 Å². The van der Waals surface area contributed by atoms with Crippen molar-refractivity contribution in [2.75, 3.05) is 0 Å². The lowest BCUT2D eigenvalue weighted by Crippen LogP contribution is -2.09. The number of H-pyrrole nitrogens is 1. The topological polar surface area (TPSA) is 45.8 Å². The molecule has 0 unspecified atom stereocenters. The molecule has 0 saturated heterocycles. The summed E-state index contributed by atoms with van der Waals surface area (Å²) in [6.07, 6.45) is 0. The van der Waals surface area contributed by atoms with Crippen molar-refractivity contribution in [2.24, 2.45) is 0 Å². The summed E-state index contributed by atoms with van der Waals surface area (Å²) < 4.78 is 13.2. The Hall–Kier alpha value is -2.50. The lowest BCUT2D eigenvalue weighted by molar-refractivity contribution is 0.628. The number of fused-ring (bicyclic) bond motifs is 1. The lowest BCUT2D eigenvalue weighted by Gasteiger charge is -2.05. The van der Waals surface area contributed by atoms with E-state index >= 15 is 0 Å². The molecule has 0 saturated carbocycles. The number of aryl methyl sites for hydroxylation is 2. The average Bonchev–Trinajstić information content (AvgIpc) is 2.94. The number of hydrogen-bond donors (Lipinski definition) is 1. The van der Waals surface area contributed by atoms with Gasteiger partial charge in [0, 0.05) is 21.0 Å². The summed E-state index contributed by atoms with van der Waals surface area (Å²) in [5.74, 6) is 0.174. The monoisotopic (exact) mass is 384 g/mol. The summed E-state index contributed by atoms with van der Waals surface area (Å²) in [6, 6.07) is 11.7. The van der Waals surface area contributed by atoms with Crippen LogP contribution in [-0.2, 0) is 0 Å². The minimum absolute atomic E-state index is 0.217. The second-order valence-electron chi connectivity index (χ2n) is 6.10. The molecule has 3 nitrogen and oxygen atoms in total. The number of halogens is 2. The SMILES string of the molecule is Cc1ccc(-c2nc3sc(C)c(-c4ccc(F)cc4)c3c(=O)[nH]2)cc1Cl. The van der Waals surface area contributed by atoms with E-state index in [1.807, 2.05) is 26.0 Å². The second kappa shape index (κ2) is 6.34.